The van der Waals surface area contributed by atoms with Crippen LogP contribution in [0.1, 0.15) is 37.1 Å². The molecule has 188 valence electrons. The third-order valence-corrected chi connectivity index (χ3v) is 5.85. The topological polar surface area (TPSA) is 172 Å². The Hall–Kier alpha value is -3.09. The molecule has 12 nitrogen and oxygen atoms in total. The summed E-state index contributed by atoms with van der Waals surface area (Å²) in [6.45, 7) is 2.02. The van der Waals surface area contributed by atoms with E-state index >= 15 is 0 Å². The van der Waals surface area contributed by atoms with Crippen LogP contribution in [0.4, 0.5) is 0 Å². The number of pyridine rings is 1. The minimum Gasteiger partial charge on any atom is -0.481 e. The van der Waals surface area contributed by atoms with Gasteiger partial charge in [-0.15, -0.1) is 0 Å². The molecule has 0 saturated carbocycles. The molecule has 0 unspecified atom stereocenters. The summed E-state index contributed by atoms with van der Waals surface area (Å²) in [5, 5.41) is 37.5. The van der Waals surface area contributed by atoms with Crippen LogP contribution in [-0.4, -0.2) is 109 Å². The maximum absolute atomic E-state index is 11.9. The Labute approximate surface area is 197 Å². The lowest BCUT2D eigenvalue weighted by molar-refractivity contribution is -0.146. The number of carboxylic acids is 4. The van der Waals surface area contributed by atoms with E-state index in [0.717, 1.165) is 0 Å². The highest BCUT2D eigenvalue weighted by atomic mass is 16.4. The number of likely N-dealkylation sites (N-methyl/N-ethyl adjacent to an activating group) is 1. The lowest BCUT2D eigenvalue weighted by Crippen LogP contribution is -2.47. The van der Waals surface area contributed by atoms with Gasteiger partial charge in [0.05, 0.1) is 11.4 Å². The number of fused-ring (bicyclic) bond motifs is 2. The monoisotopic (exact) mass is 480 g/mol. The van der Waals surface area contributed by atoms with E-state index in [2.05, 4.69) is 4.98 Å². The summed E-state index contributed by atoms with van der Waals surface area (Å²) in [7, 11) is 1.83. The van der Waals surface area contributed by atoms with Crippen LogP contribution >= 0.6 is 0 Å². The molecule has 0 amide bonds. The van der Waals surface area contributed by atoms with Crippen LogP contribution in [0.2, 0.25) is 0 Å². The molecule has 2 rings (SSSR count). The molecular weight excluding hydrogens is 448 g/mol. The van der Waals surface area contributed by atoms with Crippen molar-refractivity contribution in [2.24, 2.45) is 0 Å². The molecule has 1 aromatic heterocycles. The van der Waals surface area contributed by atoms with E-state index in [0.29, 0.717) is 37.6 Å². The van der Waals surface area contributed by atoms with Gasteiger partial charge in [0.1, 0.15) is 12.1 Å². The number of carboxylic acid groups (broad SMARTS) is 4. The summed E-state index contributed by atoms with van der Waals surface area (Å²) in [6.07, 6.45) is -0.602. The highest BCUT2D eigenvalue weighted by molar-refractivity contribution is 5.75. The molecule has 2 heterocycles. The molecule has 1 aliphatic heterocycles. The molecule has 12 heteroatoms. The Morgan fingerprint density at radius 3 is 1.56 bits per heavy atom. The van der Waals surface area contributed by atoms with Crippen molar-refractivity contribution < 1.29 is 39.6 Å². The number of aromatic nitrogens is 1. The zero-order chi connectivity index (χ0) is 25.3. The first-order valence-corrected chi connectivity index (χ1v) is 11.1. The van der Waals surface area contributed by atoms with E-state index in [1.54, 1.807) is 28.0 Å². The first-order chi connectivity index (χ1) is 16.1. The SMILES string of the molecule is CN1CCN([C@@H](CCC(=O)O)C(=O)O)Cc2cccc(n2)CN([C@@H](CCC(=O)O)C(=O)O)CC1. The van der Waals surface area contributed by atoms with Gasteiger partial charge in [0.15, 0.2) is 0 Å². The van der Waals surface area contributed by atoms with Crippen molar-refractivity contribution in [3.63, 3.8) is 0 Å². The number of hydrogen-bond acceptors (Lipinski definition) is 8. The van der Waals surface area contributed by atoms with Gasteiger partial charge in [-0.3, -0.25) is 34.0 Å². The maximum Gasteiger partial charge on any atom is 0.320 e. The van der Waals surface area contributed by atoms with Crippen LogP contribution in [0.25, 0.3) is 0 Å². The Morgan fingerprint density at radius 1 is 0.794 bits per heavy atom. The molecule has 1 aliphatic rings. The van der Waals surface area contributed by atoms with Gasteiger partial charge in [0, 0.05) is 52.1 Å². The number of nitrogens with zero attached hydrogens (tertiary/aromatic N) is 4. The predicted octanol–water partition coefficient (Wildman–Crippen LogP) is 0.267. The van der Waals surface area contributed by atoms with E-state index in [1.165, 1.54) is 0 Å². The third-order valence-electron chi connectivity index (χ3n) is 5.85. The van der Waals surface area contributed by atoms with E-state index in [4.69, 9.17) is 10.2 Å². The van der Waals surface area contributed by atoms with Gasteiger partial charge in [0.25, 0.3) is 0 Å². The number of carbonyl (C=O) groups is 4. The fourth-order valence-corrected chi connectivity index (χ4v) is 3.97. The lowest BCUT2D eigenvalue weighted by Gasteiger charge is -2.33. The van der Waals surface area contributed by atoms with Crippen LogP contribution in [0.5, 0.6) is 0 Å². The predicted molar refractivity (Wildman–Crippen MR) is 119 cm³/mol. The number of aliphatic carboxylic acids is 4. The van der Waals surface area contributed by atoms with Crippen molar-refractivity contribution in [2.75, 3.05) is 33.2 Å². The van der Waals surface area contributed by atoms with Gasteiger partial charge in [-0.05, 0) is 32.0 Å². The van der Waals surface area contributed by atoms with Gasteiger partial charge in [-0.1, -0.05) is 6.07 Å². The Balaban J connectivity index is 2.32. The van der Waals surface area contributed by atoms with Crippen molar-refractivity contribution in [3.8, 4) is 0 Å². The number of rotatable bonds is 10. The number of hydrogen-bond donors (Lipinski definition) is 4. The Bertz CT molecular complexity index is 815. The second-order valence-electron chi connectivity index (χ2n) is 8.44. The van der Waals surface area contributed by atoms with Crippen molar-refractivity contribution >= 4 is 23.9 Å². The third kappa shape index (κ3) is 8.69. The lowest BCUT2D eigenvalue weighted by atomic mass is 10.1. The summed E-state index contributed by atoms with van der Waals surface area (Å²) in [6, 6.07) is 3.27. The largest absolute Gasteiger partial charge is 0.481 e. The first kappa shape index (κ1) is 27.2. The molecule has 0 aliphatic carbocycles. The summed E-state index contributed by atoms with van der Waals surface area (Å²) in [5.74, 6) is -4.32. The molecule has 34 heavy (non-hydrogen) atoms. The fourth-order valence-electron chi connectivity index (χ4n) is 3.97. The molecule has 0 spiro atoms. The van der Waals surface area contributed by atoms with Crippen LogP contribution in [0, 0.1) is 0 Å². The highest BCUT2D eigenvalue weighted by Crippen LogP contribution is 2.17. The molecule has 2 bridgehead atoms. The minimum absolute atomic E-state index is 0.0360. The Kier molecular flexibility index (Phi) is 10.4. The normalized spacial score (nSPS) is 18.3. The fraction of sp³-hybridized carbons (Fsp3) is 0.591. The van der Waals surface area contributed by atoms with Gasteiger partial charge < -0.3 is 25.3 Å². The second-order valence-corrected chi connectivity index (χ2v) is 8.44. The average Bonchev–Trinajstić information content (AvgIpc) is 2.74. The second kappa shape index (κ2) is 13.0. The van der Waals surface area contributed by atoms with Crippen molar-refractivity contribution in [3.05, 3.63) is 29.6 Å². The molecule has 1 aromatic rings. The highest BCUT2D eigenvalue weighted by Gasteiger charge is 2.29. The zero-order valence-electron chi connectivity index (χ0n) is 19.2. The van der Waals surface area contributed by atoms with Crippen LogP contribution in [-0.2, 0) is 32.3 Å². The first-order valence-electron chi connectivity index (χ1n) is 11.1. The smallest absolute Gasteiger partial charge is 0.320 e. The van der Waals surface area contributed by atoms with Gasteiger partial charge in [0.2, 0.25) is 0 Å². The summed E-state index contributed by atoms with van der Waals surface area (Å²) < 4.78 is 0. The van der Waals surface area contributed by atoms with Crippen LogP contribution < -0.4 is 0 Å². The quantitative estimate of drug-likeness (QED) is 0.361. The zero-order valence-corrected chi connectivity index (χ0v) is 19.2. The Morgan fingerprint density at radius 2 is 1.21 bits per heavy atom. The molecule has 0 aromatic carbocycles. The van der Waals surface area contributed by atoms with Crippen molar-refractivity contribution in [1.82, 2.24) is 19.7 Å². The van der Waals surface area contributed by atoms with E-state index in [9.17, 15) is 29.4 Å². The van der Waals surface area contributed by atoms with Crippen LogP contribution in [0.15, 0.2) is 18.2 Å². The van der Waals surface area contributed by atoms with Crippen molar-refractivity contribution in [2.45, 2.75) is 50.9 Å². The van der Waals surface area contributed by atoms with Crippen LogP contribution in [0.3, 0.4) is 0 Å². The molecule has 0 saturated heterocycles. The maximum atomic E-state index is 11.9. The van der Waals surface area contributed by atoms with Gasteiger partial charge in [-0.2, -0.15) is 0 Å². The molecule has 0 fully saturated rings. The van der Waals surface area contributed by atoms with E-state index in [-0.39, 0.29) is 38.8 Å². The summed E-state index contributed by atoms with van der Waals surface area (Å²) >= 11 is 0. The standard InChI is InChI=1S/C22H32N4O8/c1-24-9-11-25(17(21(31)32)5-7-19(27)28)13-15-3-2-4-16(23-15)14-26(12-10-24)18(22(33)34)6-8-20(29)30/h2-4,17-18H,5-14H2,1H3,(H,27,28)(H,29,30)(H,31,32)(H,33,34)/t17-,18-/m0/s1. The molecular formula is C22H32N4O8. The van der Waals surface area contributed by atoms with Crippen molar-refractivity contribution in [1.29, 1.82) is 0 Å². The van der Waals surface area contributed by atoms with E-state index < -0.39 is 36.0 Å². The molecule has 0 radical (unpaired) electrons. The minimum atomic E-state index is -1.10. The van der Waals surface area contributed by atoms with Gasteiger partial charge >= 0.3 is 23.9 Å². The summed E-state index contributed by atoms with van der Waals surface area (Å²) in [5.41, 5.74) is 1.17. The van der Waals surface area contributed by atoms with Gasteiger partial charge in [-0.25, -0.2) is 0 Å². The molecule has 4 N–H and O–H groups in total. The van der Waals surface area contributed by atoms with E-state index in [1.807, 2.05) is 11.9 Å². The summed E-state index contributed by atoms with van der Waals surface area (Å²) in [4.78, 5) is 55.8. The average molecular weight is 481 g/mol. The molecule has 2 atom stereocenters.